The van der Waals surface area contributed by atoms with Crippen molar-refractivity contribution >= 4 is 11.8 Å². The number of para-hydroxylation sites is 1. The van der Waals surface area contributed by atoms with Crippen LogP contribution in [0, 0.1) is 10.1 Å². The van der Waals surface area contributed by atoms with Crippen molar-refractivity contribution < 1.29 is 4.92 Å². The van der Waals surface area contributed by atoms with Gasteiger partial charge in [-0.25, -0.2) is 0 Å². The van der Waals surface area contributed by atoms with E-state index in [0.29, 0.717) is 5.56 Å². The van der Waals surface area contributed by atoms with Gasteiger partial charge in [0.15, 0.2) is 0 Å². The van der Waals surface area contributed by atoms with Crippen LogP contribution >= 0.6 is 0 Å². The highest BCUT2D eigenvalue weighted by molar-refractivity contribution is 5.62. The normalized spacial score (nSPS) is 11.5. The average Bonchev–Trinajstić information content (AvgIpc) is 2.27. The molecule has 0 saturated carbocycles. The number of nitrogens with zero attached hydrogens (tertiary/aromatic N) is 1. The van der Waals surface area contributed by atoms with E-state index in [-0.39, 0.29) is 10.6 Å². The molecule has 0 fully saturated rings. The highest BCUT2D eigenvalue weighted by atomic mass is 16.6. The summed E-state index contributed by atoms with van der Waals surface area (Å²) in [7, 11) is 0. The van der Waals surface area contributed by atoms with E-state index in [2.05, 4.69) is 5.32 Å². The lowest BCUT2D eigenvalue weighted by atomic mass is 10.1. The lowest BCUT2D eigenvalue weighted by molar-refractivity contribution is -0.385. The number of rotatable bonds is 5. The average molecular weight is 220 g/mol. The van der Waals surface area contributed by atoms with Crippen molar-refractivity contribution in [2.24, 2.45) is 0 Å². The summed E-state index contributed by atoms with van der Waals surface area (Å²) in [5.74, 6) is 0. The van der Waals surface area contributed by atoms with E-state index in [1.54, 1.807) is 18.2 Å². The summed E-state index contributed by atoms with van der Waals surface area (Å²) in [6.07, 6.45) is 1.85. The molecule has 1 N–H and O–H groups in total. The van der Waals surface area contributed by atoms with E-state index in [9.17, 15) is 10.1 Å². The summed E-state index contributed by atoms with van der Waals surface area (Å²) in [6, 6.07) is 6.76. The van der Waals surface area contributed by atoms with E-state index in [1.165, 1.54) is 6.07 Å². The molecule has 0 unspecified atom stereocenters. The van der Waals surface area contributed by atoms with E-state index >= 15 is 0 Å². The van der Waals surface area contributed by atoms with Crippen LogP contribution in [0.5, 0.6) is 0 Å². The summed E-state index contributed by atoms with van der Waals surface area (Å²) >= 11 is 0. The van der Waals surface area contributed by atoms with Crippen LogP contribution in [0.4, 0.5) is 5.69 Å². The maximum atomic E-state index is 10.8. The number of hydrogen-bond acceptors (Lipinski definition) is 3. The monoisotopic (exact) mass is 220 g/mol. The number of likely N-dealkylation sites (N-methyl/N-ethyl adjacent to an activating group) is 1. The van der Waals surface area contributed by atoms with Gasteiger partial charge in [0.2, 0.25) is 0 Å². The molecule has 0 heterocycles. The summed E-state index contributed by atoms with van der Waals surface area (Å²) in [6.45, 7) is 5.63. The fourth-order valence-corrected chi connectivity index (χ4v) is 1.41. The first kappa shape index (κ1) is 12.4. The fourth-order valence-electron chi connectivity index (χ4n) is 1.41. The molecule has 1 aromatic rings. The van der Waals surface area contributed by atoms with Crippen molar-refractivity contribution in [1.29, 1.82) is 0 Å². The Labute approximate surface area is 95.1 Å². The highest BCUT2D eigenvalue weighted by Gasteiger charge is 2.09. The minimum atomic E-state index is -0.355. The molecule has 4 heteroatoms. The quantitative estimate of drug-likeness (QED) is 0.613. The van der Waals surface area contributed by atoms with Gasteiger partial charge < -0.3 is 5.32 Å². The molecule has 16 heavy (non-hydrogen) atoms. The third-order valence-corrected chi connectivity index (χ3v) is 2.19. The first-order chi connectivity index (χ1) is 7.65. The molecule has 0 saturated heterocycles. The second-order valence-corrected chi connectivity index (χ2v) is 3.59. The molecule has 0 atom stereocenters. The van der Waals surface area contributed by atoms with Crippen molar-refractivity contribution in [3.63, 3.8) is 0 Å². The van der Waals surface area contributed by atoms with Crippen molar-refractivity contribution in [3.8, 4) is 0 Å². The van der Waals surface area contributed by atoms with Gasteiger partial charge in [-0.05, 0) is 25.6 Å². The molecule has 0 spiro atoms. The lowest BCUT2D eigenvalue weighted by Gasteiger charge is -2.02. The molecule has 0 aliphatic rings. The zero-order chi connectivity index (χ0) is 12.0. The predicted molar refractivity (Wildman–Crippen MR) is 65.3 cm³/mol. The van der Waals surface area contributed by atoms with Gasteiger partial charge in [-0.1, -0.05) is 24.6 Å². The Kier molecular flexibility index (Phi) is 4.66. The number of hydrogen-bond donors (Lipinski definition) is 1. The van der Waals surface area contributed by atoms with Gasteiger partial charge in [-0.3, -0.25) is 10.1 Å². The summed E-state index contributed by atoms with van der Waals surface area (Å²) < 4.78 is 0. The van der Waals surface area contributed by atoms with Gasteiger partial charge >= 0.3 is 0 Å². The Morgan fingerprint density at radius 3 is 2.81 bits per heavy atom. The number of nitro benzene ring substituents is 1. The van der Waals surface area contributed by atoms with Gasteiger partial charge in [0.1, 0.15) is 0 Å². The van der Waals surface area contributed by atoms with Crippen LogP contribution in [-0.2, 0) is 0 Å². The van der Waals surface area contributed by atoms with Gasteiger partial charge in [-0.15, -0.1) is 0 Å². The molecule has 0 bridgehead atoms. The first-order valence-electron chi connectivity index (χ1n) is 5.26. The maximum absolute atomic E-state index is 10.8. The van der Waals surface area contributed by atoms with Crippen molar-refractivity contribution in [3.05, 3.63) is 45.5 Å². The summed E-state index contributed by atoms with van der Waals surface area (Å²) in [5, 5.41) is 14.0. The fraction of sp³-hybridized carbons (Fsp3) is 0.333. The Bertz CT molecular complexity index is 400. The van der Waals surface area contributed by atoms with Crippen molar-refractivity contribution in [2.45, 2.75) is 13.8 Å². The minimum Gasteiger partial charge on any atom is -0.313 e. The predicted octanol–water partition coefficient (Wildman–Crippen LogP) is 2.61. The van der Waals surface area contributed by atoms with Crippen LogP contribution in [0.25, 0.3) is 6.08 Å². The van der Waals surface area contributed by atoms with Gasteiger partial charge in [0.25, 0.3) is 5.69 Å². The Morgan fingerprint density at radius 2 is 2.19 bits per heavy atom. The van der Waals surface area contributed by atoms with Gasteiger partial charge in [0.05, 0.1) is 10.5 Å². The molecular formula is C12H16N2O2. The number of benzene rings is 1. The van der Waals surface area contributed by atoms with Crippen molar-refractivity contribution in [1.82, 2.24) is 5.32 Å². The van der Waals surface area contributed by atoms with E-state index in [0.717, 1.165) is 18.7 Å². The van der Waals surface area contributed by atoms with E-state index in [1.807, 2.05) is 19.9 Å². The van der Waals surface area contributed by atoms with Crippen molar-refractivity contribution in [2.75, 3.05) is 13.1 Å². The van der Waals surface area contributed by atoms with Gasteiger partial charge in [0, 0.05) is 12.6 Å². The molecule has 1 rings (SSSR count). The zero-order valence-corrected chi connectivity index (χ0v) is 9.56. The lowest BCUT2D eigenvalue weighted by Crippen LogP contribution is -2.14. The second kappa shape index (κ2) is 6.02. The molecule has 0 aromatic heterocycles. The number of nitro groups is 1. The second-order valence-electron chi connectivity index (χ2n) is 3.59. The van der Waals surface area contributed by atoms with E-state index < -0.39 is 0 Å². The van der Waals surface area contributed by atoms with Crippen LogP contribution < -0.4 is 5.32 Å². The molecular weight excluding hydrogens is 204 g/mol. The molecule has 0 aliphatic carbocycles. The highest BCUT2D eigenvalue weighted by Crippen LogP contribution is 2.20. The topological polar surface area (TPSA) is 55.2 Å². The molecule has 1 aromatic carbocycles. The standard InChI is InChI=1S/C12H16N2O2/c1-3-13-9-10(2)8-11-6-4-5-7-12(11)14(15)16/h4-8,13H,3,9H2,1-2H3. The largest absolute Gasteiger partial charge is 0.313 e. The molecule has 0 amide bonds. The van der Waals surface area contributed by atoms with Crippen LogP contribution in [0.15, 0.2) is 29.8 Å². The first-order valence-corrected chi connectivity index (χ1v) is 5.26. The minimum absolute atomic E-state index is 0.151. The van der Waals surface area contributed by atoms with Crippen LogP contribution in [-0.4, -0.2) is 18.0 Å². The molecule has 4 nitrogen and oxygen atoms in total. The smallest absolute Gasteiger partial charge is 0.276 e. The molecule has 0 aliphatic heterocycles. The Morgan fingerprint density at radius 1 is 1.50 bits per heavy atom. The maximum Gasteiger partial charge on any atom is 0.276 e. The Hall–Kier alpha value is -1.68. The zero-order valence-electron chi connectivity index (χ0n) is 9.56. The van der Waals surface area contributed by atoms with Gasteiger partial charge in [-0.2, -0.15) is 0 Å². The summed E-state index contributed by atoms with van der Waals surface area (Å²) in [4.78, 5) is 10.4. The SMILES string of the molecule is CCNCC(C)=Cc1ccccc1[N+](=O)[O-]. The third kappa shape index (κ3) is 3.47. The van der Waals surface area contributed by atoms with Crippen LogP contribution in [0.2, 0.25) is 0 Å². The molecule has 86 valence electrons. The van der Waals surface area contributed by atoms with E-state index in [4.69, 9.17) is 0 Å². The Balaban J connectivity index is 2.91. The van der Waals surface area contributed by atoms with Crippen LogP contribution in [0.1, 0.15) is 19.4 Å². The third-order valence-electron chi connectivity index (χ3n) is 2.19. The molecule has 0 radical (unpaired) electrons. The van der Waals surface area contributed by atoms with Crippen LogP contribution in [0.3, 0.4) is 0 Å². The number of nitrogens with one attached hydrogen (secondary N) is 1. The summed E-state index contributed by atoms with van der Waals surface area (Å²) in [5.41, 5.74) is 1.89.